The fraction of sp³-hybridized carbons (Fsp3) is 0.889. The van der Waals surface area contributed by atoms with E-state index in [2.05, 4.69) is 0 Å². The smallest absolute Gasteiger partial charge is 0.374 e. The molecule has 0 aromatic heterocycles. The predicted octanol–water partition coefficient (Wildman–Crippen LogP) is 0.393. The van der Waals surface area contributed by atoms with Gasteiger partial charge in [-0.1, -0.05) is 0 Å². The average molecular weight is 283 g/mol. The molecule has 0 aromatic rings. The summed E-state index contributed by atoms with van der Waals surface area (Å²) in [5.41, 5.74) is 5.45. The van der Waals surface area contributed by atoms with Gasteiger partial charge in [0.1, 0.15) is 0 Å². The molecule has 0 radical (unpaired) electrons. The van der Waals surface area contributed by atoms with Gasteiger partial charge in [0, 0.05) is 19.3 Å². The molecule has 0 heterocycles. The molecule has 0 rings (SSSR count). The van der Waals surface area contributed by atoms with Crippen molar-refractivity contribution in [2.45, 2.75) is 33.2 Å². The fourth-order valence-corrected chi connectivity index (χ4v) is 4.51. The molecular weight excluding hydrogens is 262 g/mol. The van der Waals surface area contributed by atoms with Gasteiger partial charge in [-0.25, -0.2) is 0 Å². The molecule has 0 aliphatic carbocycles. The van der Waals surface area contributed by atoms with Gasteiger partial charge in [-0.2, -0.15) is 8.42 Å². The molecule has 0 aliphatic rings. The Labute approximate surface area is 105 Å². The Hall–Kier alpha value is -0.253. The summed E-state index contributed by atoms with van der Waals surface area (Å²) in [7, 11) is -5.33. The molecule has 0 aliphatic heterocycles. The van der Waals surface area contributed by atoms with Crippen LogP contribution in [0.2, 0.25) is 6.04 Å². The van der Waals surface area contributed by atoms with E-state index in [0.717, 1.165) is 0 Å². The summed E-state index contributed by atoms with van der Waals surface area (Å²) in [5, 5.41) is -0.101. The van der Waals surface area contributed by atoms with Gasteiger partial charge in [0.05, 0.1) is 0 Å². The molecule has 0 unspecified atom stereocenters. The molecule has 0 spiro atoms. The Kier molecular flexibility index (Phi) is 8.65. The summed E-state index contributed by atoms with van der Waals surface area (Å²) in [6.07, 6.45) is 0.672. The van der Waals surface area contributed by atoms with Crippen molar-refractivity contribution in [3.8, 4) is 0 Å². The van der Waals surface area contributed by atoms with Crippen molar-refractivity contribution >= 4 is 24.1 Å². The molecule has 0 amide bonds. The minimum Gasteiger partial charge on any atom is -0.374 e. The number of rotatable bonds is 8. The zero-order valence-electron chi connectivity index (χ0n) is 10.6. The van der Waals surface area contributed by atoms with Gasteiger partial charge in [0.25, 0.3) is 0 Å². The zero-order chi connectivity index (χ0) is 13.3. The molecule has 0 bridgehead atoms. The first-order valence-electron chi connectivity index (χ1n) is 5.61. The fourth-order valence-electron chi connectivity index (χ4n) is 1.31. The van der Waals surface area contributed by atoms with Crippen LogP contribution in [-0.2, 0) is 23.6 Å². The van der Waals surface area contributed by atoms with Gasteiger partial charge in [0.2, 0.25) is 10.3 Å². The maximum atomic E-state index is 10.8. The van der Waals surface area contributed by atoms with Gasteiger partial charge in [-0.3, -0.25) is 0 Å². The Bertz CT molecular complexity index is 329. The van der Waals surface area contributed by atoms with Crippen molar-refractivity contribution in [2.75, 3.05) is 19.8 Å². The summed E-state index contributed by atoms with van der Waals surface area (Å²) in [6.45, 7) is 6.32. The van der Waals surface area contributed by atoms with Crippen LogP contribution < -0.4 is 5.73 Å². The normalized spacial score (nSPS) is 11.5. The van der Waals surface area contributed by atoms with Crippen molar-refractivity contribution in [2.24, 2.45) is 5.73 Å². The standard InChI is InChI=1S/C9H21NO5SSi/c1-4-13-17(14-5-2,8-6-7-10)15-9(3)16(11)12/h4-8,10H2,1-3H3. The summed E-state index contributed by atoms with van der Waals surface area (Å²) in [5.74, 6) is 0. The van der Waals surface area contributed by atoms with E-state index in [1.807, 2.05) is 13.8 Å². The highest BCUT2D eigenvalue weighted by molar-refractivity contribution is 7.72. The van der Waals surface area contributed by atoms with E-state index in [0.29, 0.717) is 32.2 Å². The number of nitrogens with two attached hydrogens (primary N) is 1. The van der Waals surface area contributed by atoms with Crippen molar-refractivity contribution in [1.29, 1.82) is 0 Å². The monoisotopic (exact) mass is 283 g/mol. The largest absolute Gasteiger partial charge is 0.506 e. The van der Waals surface area contributed by atoms with E-state index >= 15 is 0 Å². The Morgan fingerprint density at radius 2 is 1.76 bits per heavy atom. The van der Waals surface area contributed by atoms with Crippen LogP contribution in [0.3, 0.4) is 0 Å². The van der Waals surface area contributed by atoms with Crippen LogP contribution in [-0.4, -0.2) is 42.0 Å². The molecule has 17 heavy (non-hydrogen) atoms. The third kappa shape index (κ3) is 6.29. The SMILES string of the molecule is CCO[Si](CCCN)(OCC)OC(C)=S(=O)=O. The Morgan fingerprint density at radius 1 is 1.24 bits per heavy atom. The van der Waals surface area contributed by atoms with E-state index in [4.69, 9.17) is 19.0 Å². The summed E-state index contributed by atoms with van der Waals surface area (Å²) in [6, 6.07) is 0.514. The summed E-state index contributed by atoms with van der Waals surface area (Å²) in [4.78, 5) is 0. The molecule has 0 aromatic carbocycles. The Morgan fingerprint density at radius 3 is 2.12 bits per heavy atom. The molecule has 2 N–H and O–H groups in total. The van der Waals surface area contributed by atoms with Crippen LogP contribution in [0.5, 0.6) is 0 Å². The van der Waals surface area contributed by atoms with Crippen LogP contribution in [0.1, 0.15) is 27.2 Å². The lowest BCUT2D eigenvalue weighted by atomic mass is 10.5. The van der Waals surface area contributed by atoms with Crippen molar-refractivity contribution < 1.29 is 21.7 Å². The van der Waals surface area contributed by atoms with Crippen LogP contribution in [0.4, 0.5) is 0 Å². The van der Waals surface area contributed by atoms with Crippen LogP contribution >= 0.6 is 0 Å². The highest BCUT2D eigenvalue weighted by Crippen LogP contribution is 2.18. The van der Waals surface area contributed by atoms with E-state index in [1.165, 1.54) is 6.92 Å². The second-order valence-corrected chi connectivity index (χ2v) is 6.96. The predicted molar refractivity (Wildman–Crippen MR) is 68.2 cm³/mol. The van der Waals surface area contributed by atoms with E-state index in [-0.39, 0.29) is 5.05 Å². The molecular formula is C9H21NO5SSi. The minimum atomic E-state index is -2.95. The molecule has 0 saturated carbocycles. The van der Waals surface area contributed by atoms with Gasteiger partial charge in [-0.05, 0) is 33.7 Å². The zero-order valence-corrected chi connectivity index (χ0v) is 12.4. The quantitative estimate of drug-likeness (QED) is 0.512. The van der Waals surface area contributed by atoms with E-state index in [9.17, 15) is 8.42 Å². The minimum absolute atomic E-state index is 0.101. The first-order valence-corrected chi connectivity index (χ1v) is 8.61. The molecule has 0 saturated heterocycles. The number of hydrogen-bond acceptors (Lipinski definition) is 6. The highest BCUT2D eigenvalue weighted by Gasteiger charge is 2.41. The lowest BCUT2D eigenvalue weighted by Crippen LogP contribution is -2.47. The van der Waals surface area contributed by atoms with Crippen molar-refractivity contribution in [1.82, 2.24) is 0 Å². The first kappa shape index (κ1) is 16.7. The van der Waals surface area contributed by atoms with E-state index in [1.54, 1.807) is 0 Å². The molecule has 0 atom stereocenters. The molecule has 6 nitrogen and oxygen atoms in total. The maximum Gasteiger partial charge on any atom is 0.506 e. The lowest BCUT2D eigenvalue weighted by Gasteiger charge is -2.27. The first-order chi connectivity index (χ1) is 8.01. The average Bonchev–Trinajstić information content (AvgIpc) is 2.27. The summed E-state index contributed by atoms with van der Waals surface area (Å²) >= 11 is 0. The Balaban J connectivity index is 4.94. The molecule has 0 fully saturated rings. The van der Waals surface area contributed by atoms with Crippen LogP contribution in [0.25, 0.3) is 0 Å². The van der Waals surface area contributed by atoms with Crippen LogP contribution in [0.15, 0.2) is 0 Å². The van der Waals surface area contributed by atoms with Crippen molar-refractivity contribution in [3.63, 3.8) is 0 Å². The highest BCUT2D eigenvalue weighted by atomic mass is 32.2. The maximum absolute atomic E-state index is 10.8. The second kappa shape index (κ2) is 8.78. The van der Waals surface area contributed by atoms with Crippen molar-refractivity contribution in [3.05, 3.63) is 0 Å². The third-order valence-electron chi connectivity index (χ3n) is 1.95. The lowest BCUT2D eigenvalue weighted by molar-refractivity contribution is 0.113. The second-order valence-electron chi connectivity index (χ2n) is 3.27. The topological polar surface area (TPSA) is 87.8 Å². The molecule has 102 valence electrons. The van der Waals surface area contributed by atoms with Gasteiger partial charge in [-0.15, -0.1) is 0 Å². The van der Waals surface area contributed by atoms with Gasteiger partial charge in [0.15, 0.2) is 5.05 Å². The van der Waals surface area contributed by atoms with Gasteiger partial charge < -0.3 is 19.0 Å². The van der Waals surface area contributed by atoms with Gasteiger partial charge >= 0.3 is 8.80 Å². The van der Waals surface area contributed by atoms with Crippen LogP contribution in [0, 0.1) is 0 Å². The number of hydrogen-bond donors (Lipinski definition) is 1. The third-order valence-corrected chi connectivity index (χ3v) is 5.69. The van der Waals surface area contributed by atoms with E-state index < -0.39 is 19.1 Å². The summed E-state index contributed by atoms with van der Waals surface area (Å²) < 4.78 is 38.1. The molecule has 8 heteroatoms.